The van der Waals surface area contributed by atoms with Crippen LogP contribution in [-0.4, -0.2) is 56.3 Å². The van der Waals surface area contributed by atoms with Crippen molar-refractivity contribution in [3.05, 3.63) is 29.6 Å². The number of halogens is 1. The smallest absolute Gasteiger partial charge is 0.409 e. The molecule has 0 spiro atoms. The Kier molecular flexibility index (Phi) is 8.16. The molecule has 1 aromatic rings. The zero-order chi connectivity index (χ0) is 19.6. The highest BCUT2D eigenvalue weighted by Gasteiger charge is 2.24. The van der Waals surface area contributed by atoms with Crippen molar-refractivity contribution < 1.29 is 18.7 Å². The lowest BCUT2D eigenvalue weighted by atomic mass is 10.1. The summed E-state index contributed by atoms with van der Waals surface area (Å²) in [5.41, 5.74) is 0.802. The maximum Gasteiger partial charge on any atom is 0.409 e. The number of guanidine groups is 1. The molecule has 0 bridgehead atoms. The Morgan fingerprint density at radius 2 is 2.04 bits per heavy atom. The van der Waals surface area contributed by atoms with Crippen LogP contribution in [0.5, 0.6) is 5.75 Å². The van der Waals surface area contributed by atoms with E-state index in [-0.39, 0.29) is 23.7 Å². The van der Waals surface area contributed by atoms with Gasteiger partial charge in [-0.3, -0.25) is 4.99 Å². The van der Waals surface area contributed by atoms with Crippen LogP contribution >= 0.6 is 0 Å². The summed E-state index contributed by atoms with van der Waals surface area (Å²) in [6.45, 7) is 6.19. The summed E-state index contributed by atoms with van der Waals surface area (Å²) in [5.74, 6) is 0.543. The lowest BCUT2D eigenvalue weighted by Gasteiger charge is -2.32. The van der Waals surface area contributed by atoms with Gasteiger partial charge < -0.3 is 25.0 Å². The molecule has 27 heavy (non-hydrogen) atoms. The van der Waals surface area contributed by atoms with Crippen molar-refractivity contribution in [1.82, 2.24) is 15.5 Å². The van der Waals surface area contributed by atoms with E-state index in [1.807, 2.05) is 13.0 Å². The van der Waals surface area contributed by atoms with Crippen LogP contribution in [0.25, 0.3) is 0 Å². The lowest BCUT2D eigenvalue weighted by molar-refractivity contribution is 0.0963. The Bertz CT molecular complexity index is 646. The molecule has 2 N–H and O–H groups in total. The first-order valence-corrected chi connectivity index (χ1v) is 9.37. The molecule has 7 nitrogen and oxygen atoms in total. The summed E-state index contributed by atoms with van der Waals surface area (Å²) >= 11 is 0. The first kappa shape index (κ1) is 20.8. The number of benzene rings is 1. The predicted octanol–water partition coefficient (Wildman–Crippen LogP) is 2.51. The van der Waals surface area contributed by atoms with Crippen LogP contribution < -0.4 is 15.4 Å². The van der Waals surface area contributed by atoms with E-state index in [9.17, 15) is 9.18 Å². The molecule has 0 atom stereocenters. The van der Waals surface area contributed by atoms with E-state index >= 15 is 0 Å². The summed E-state index contributed by atoms with van der Waals surface area (Å²) in [7, 11) is 1.70. The molecule has 1 aliphatic heterocycles. The van der Waals surface area contributed by atoms with Crippen LogP contribution in [0.3, 0.4) is 0 Å². The van der Waals surface area contributed by atoms with Gasteiger partial charge in [-0.05, 0) is 44.4 Å². The fraction of sp³-hybridized carbons (Fsp3) is 0.579. The zero-order valence-electron chi connectivity index (χ0n) is 16.3. The van der Waals surface area contributed by atoms with Crippen LogP contribution in [0.15, 0.2) is 23.2 Å². The maximum atomic E-state index is 13.9. The molecule has 0 aromatic heterocycles. The van der Waals surface area contributed by atoms with Gasteiger partial charge in [0, 0.05) is 32.7 Å². The monoisotopic (exact) mass is 380 g/mol. The van der Waals surface area contributed by atoms with E-state index in [0.717, 1.165) is 18.4 Å². The number of ether oxygens (including phenoxy) is 2. The van der Waals surface area contributed by atoms with Crippen LogP contribution in [0, 0.1) is 5.82 Å². The number of nitrogens with zero attached hydrogens (tertiary/aromatic N) is 2. The van der Waals surface area contributed by atoms with Crippen molar-refractivity contribution in [2.75, 3.05) is 33.4 Å². The second kappa shape index (κ2) is 10.6. The average Bonchev–Trinajstić information content (AvgIpc) is 2.68. The van der Waals surface area contributed by atoms with E-state index in [1.165, 1.54) is 6.07 Å². The van der Waals surface area contributed by atoms with Crippen LogP contribution in [0.1, 0.15) is 32.3 Å². The van der Waals surface area contributed by atoms with Gasteiger partial charge in [0.2, 0.25) is 0 Å². The third-order valence-corrected chi connectivity index (χ3v) is 4.34. The molecule has 1 amide bonds. The second-order valence-corrected chi connectivity index (χ2v) is 6.23. The van der Waals surface area contributed by atoms with Gasteiger partial charge in [0.1, 0.15) is 0 Å². The molecule has 8 heteroatoms. The molecule has 150 valence electrons. The second-order valence-electron chi connectivity index (χ2n) is 6.23. The van der Waals surface area contributed by atoms with Gasteiger partial charge in [-0.2, -0.15) is 0 Å². The van der Waals surface area contributed by atoms with Gasteiger partial charge >= 0.3 is 6.09 Å². The molecule has 0 radical (unpaired) electrons. The van der Waals surface area contributed by atoms with Gasteiger partial charge in [0.05, 0.1) is 13.2 Å². The Morgan fingerprint density at radius 3 is 2.63 bits per heavy atom. The highest BCUT2D eigenvalue weighted by Crippen LogP contribution is 2.18. The number of piperidine rings is 1. The summed E-state index contributed by atoms with van der Waals surface area (Å²) in [6, 6.07) is 5.14. The van der Waals surface area contributed by atoms with Crippen molar-refractivity contribution in [3.63, 3.8) is 0 Å². The van der Waals surface area contributed by atoms with Crippen LogP contribution in [-0.2, 0) is 11.3 Å². The predicted molar refractivity (Wildman–Crippen MR) is 103 cm³/mol. The molecule has 0 unspecified atom stereocenters. The molecule has 0 aliphatic carbocycles. The van der Waals surface area contributed by atoms with Crippen molar-refractivity contribution in [3.8, 4) is 5.75 Å². The number of hydrogen-bond acceptors (Lipinski definition) is 4. The zero-order valence-corrected chi connectivity index (χ0v) is 16.3. The molecule has 1 saturated heterocycles. The standard InChI is InChI=1S/C19H29FN4O3/c1-4-26-17-7-6-14(12-16(17)20)13-22-18(21-3)23-15-8-10-24(11-9-15)19(25)27-5-2/h6-7,12,15H,4-5,8-11,13H2,1-3H3,(H2,21,22,23). The molecule has 1 aromatic carbocycles. The number of likely N-dealkylation sites (tertiary alicyclic amines) is 1. The molecular formula is C19H29FN4O3. The topological polar surface area (TPSA) is 75.2 Å². The SMILES string of the molecule is CCOC(=O)N1CCC(NC(=NC)NCc2ccc(OCC)c(F)c2)CC1. The Labute approximate surface area is 159 Å². The van der Waals surface area contributed by atoms with E-state index in [4.69, 9.17) is 9.47 Å². The summed E-state index contributed by atoms with van der Waals surface area (Å²) in [4.78, 5) is 17.7. The number of nitrogens with one attached hydrogen (secondary N) is 2. The normalized spacial score (nSPS) is 15.4. The summed E-state index contributed by atoms with van der Waals surface area (Å²) in [5, 5.41) is 6.55. The minimum absolute atomic E-state index is 0.221. The van der Waals surface area contributed by atoms with Crippen LogP contribution in [0.4, 0.5) is 9.18 Å². The lowest BCUT2D eigenvalue weighted by Crippen LogP contribution is -2.49. The van der Waals surface area contributed by atoms with Gasteiger partial charge in [0.15, 0.2) is 17.5 Å². The Morgan fingerprint density at radius 1 is 1.30 bits per heavy atom. The molecule has 1 heterocycles. The van der Waals surface area contributed by atoms with Gasteiger partial charge in [-0.1, -0.05) is 6.07 Å². The van der Waals surface area contributed by atoms with Gasteiger partial charge in [-0.25, -0.2) is 9.18 Å². The van der Waals surface area contributed by atoms with Crippen molar-refractivity contribution in [2.45, 2.75) is 39.3 Å². The van der Waals surface area contributed by atoms with Crippen molar-refractivity contribution >= 4 is 12.1 Å². The van der Waals surface area contributed by atoms with E-state index in [2.05, 4.69) is 15.6 Å². The minimum Gasteiger partial charge on any atom is -0.491 e. The minimum atomic E-state index is -0.370. The number of carbonyl (C=O) groups excluding carboxylic acids is 1. The number of rotatable bonds is 6. The number of hydrogen-bond donors (Lipinski definition) is 2. The van der Waals surface area contributed by atoms with Crippen LogP contribution in [0.2, 0.25) is 0 Å². The number of amides is 1. The fourth-order valence-electron chi connectivity index (χ4n) is 2.92. The highest BCUT2D eigenvalue weighted by atomic mass is 19.1. The van der Waals surface area contributed by atoms with Crippen molar-refractivity contribution in [1.29, 1.82) is 0 Å². The third-order valence-electron chi connectivity index (χ3n) is 4.34. The Hall–Kier alpha value is -2.51. The molecule has 2 rings (SSSR count). The largest absolute Gasteiger partial charge is 0.491 e. The summed E-state index contributed by atoms with van der Waals surface area (Å²) < 4.78 is 24.2. The molecule has 0 saturated carbocycles. The molecule has 1 aliphatic rings. The first-order chi connectivity index (χ1) is 13.1. The quantitative estimate of drug-likeness (QED) is 0.586. The van der Waals surface area contributed by atoms with Gasteiger partial charge in [0.25, 0.3) is 0 Å². The number of aliphatic imine (C=N–C) groups is 1. The van der Waals surface area contributed by atoms with E-state index in [0.29, 0.717) is 38.8 Å². The highest BCUT2D eigenvalue weighted by molar-refractivity contribution is 5.80. The number of carbonyl (C=O) groups is 1. The third kappa shape index (κ3) is 6.30. The van der Waals surface area contributed by atoms with Crippen molar-refractivity contribution in [2.24, 2.45) is 4.99 Å². The first-order valence-electron chi connectivity index (χ1n) is 9.37. The fourth-order valence-corrected chi connectivity index (χ4v) is 2.92. The van der Waals surface area contributed by atoms with Gasteiger partial charge in [-0.15, -0.1) is 0 Å². The summed E-state index contributed by atoms with van der Waals surface area (Å²) in [6.07, 6.45) is 1.38. The molecule has 1 fully saturated rings. The van der Waals surface area contributed by atoms with E-state index in [1.54, 1.807) is 24.9 Å². The Balaban J connectivity index is 1.80. The van der Waals surface area contributed by atoms with E-state index < -0.39 is 0 Å². The maximum absolute atomic E-state index is 13.9. The average molecular weight is 380 g/mol. The molecular weight excluding hydrogens is 351 g/mol.